The molecule has 6 atom stereocenters. The van der Waals surface area contributed by atoms with Gasteiger partial charge in [-0.1, -0.05) is 48.0 Å². The summed E-state index contributed by atoms with van der Waals surface area (Å²) in [5.41, 5.74) is 6.67. The van der Waals surface area contributed by atoms with Crippen molar-refractivity contribution in [1.82, 2.24) is 0 Å². The molecule has 13 nitrogen and oxygen atoms in total. The van der Waals surface area contributed by atoms with Crippen molar-refractivity contribution < 1.29 is 24.3 Å². The number of amides is 4. The van der Waals surface area contributed by atoms with E-state index in [-0.39, 0.29) is 42.2 Å². The largest absolute Gasteiger partial charge is 0.507 e. The summed E-state index contributed by atoms with van der Waals surface area (Å²) in [6, 6.07) is 40.2. The topological polar surface area (TPSA) is 151 Å². The second-order valence-corrected chi connectivity index (χ2v) is 17.5. The van der Waals surface area contributed by atoms with Crippen molar-refractivity contribution in [3.05, 3.63) is 151 Å². The summed E-state index contributed by atoms with van der Waals surface area (Å²) in [5, 5.41) is 30.9. The summed E-state index contributed by atoms with van der Waals surface area (Å²) >= 11 is 0. The van der Waals surface area contributed by atoms with Gasteiger partial charge in [-0.05, 0) is 121 Å². The van der Waals surface area contributed by atoms with Crippen LogP contribution in [0.15, 0.2) is 166 Å². The summed E-state index contributed by atoms with van der Waals surface area (Å²) in [4.78, 5) is 65.0. The van der Waals surface area contributed by atoms with Crippen LogP contribution in [0.2, 0.25) is 0 Å². The first kappa shape index (κ1) is 41.2. The lowest BCUT2D eigenvalue weighted by molar-refractivity contribution is -0.126. The van der Waals surface area contributed by atoms with E-state index < -0.39 is 35.5 Å². The number of benzene rings is 6. The summed E-state index contributed by atoms with van der Waals surface area (Å²) in [5.74, 6) is -5.74. The van der Waals surface area contributed by atoms with Gasteiger partial charge in [-0.3, -0.25) is 29.0 Å². The number of allylic oxidation sites excluding steroid dienone is 2. The van der Waals surface area contributed by atoms with Crippen molar-refractivity contribution >= 4 is 79.9 Å². The van der Waals surface area contributed by atoms with E-state index in [0.717, 1.165) is 22.3 Å². The SMILES string of the molecule is CN(C)c1ccc(N=Nc2ccc(N3C(=O)C4CC=C5C(CC6C(=O)N(c7ccc(N=Nc8ccc(N(C)C)cc8)cc7)C(=O)C6C5c5ccc6ccccc6c5O)C4C3=O)cc2)cc1. The molecule has 1 saturated carbocycles. The number of anilines is 4. The van der Waals surface area contributed by atoms with Crippen molar-refractivity contribution in [2.75, 3.05) is 47.8 Å². The Balaban J connectivity index is 0.951. The first-order valence-electron chi connectivity index (χ1n) is 21.7. The molecule has 2 aliphatic carbocycles. The van der Waals surface area contributed by atoms with Crippen LogP contribution in [0.4, 0.5) is 45.5 Å². The van der Waals surface area contributed by atoms with E-state index in [4.69, 9.17) is 0 Å². The number of aromatic hydroxyl groups is 1. The molecule has 65 heavy (non-hydrogen) atoms. The number of hydrogen-bond acceptors (Lipinski definition) is 11. The number of carbonyl (C=O) groups is 4. The first-order valence-corrected chi connectivity index (χ1v) is 21.7. The highest BCUT2D eigenvalue weighted by atomic mass is 16.3. The second kappa shape index (κ2) is 16.4. The molecular weight excluding hydrogens is 817 g/mol. The fourth-order valence-corrected chi connectivity index (χ4v) is 10.2. The summed E-state index contributed by atoms with van der Waals surface area (Å²) in [6.45, 7) is 0. The first-order chi connectivity index (χ1) is 31.5. The van der Waals surface area contributed by atoms with Crippen molar-refractivity contribution in [2.24, 2.45) is 50.0 Å². The quantitative estimate of drug-likeness (QED) is 0.0863. The predicted molar refractivity (Wildman–Crippen MR) is 251 cm³/mol. The van der Waals surface area contributed by atoms with E-state index in [9.17, 15) is 24.3 Å². The number of imide groups is 2. The highest BCUT2D eigenvalue weighted by molar-refractivity contribution is 6.24. The van der Waals surface area contributed by atoms with Crippen LogP contribution in [-0.2, 0) is 19.2 Å². The maximum atomic E-state index is 14.8. The van der Waals surface area contributed by atoms with Crippen molar-refractivity contribution in [3.63, 3.8) is 0 Å². The minimum absolute atomic E-state index is 0.0264. The molecular formula is C52H46N8O5. The number of phenols is 1. The maximum absolute atomic E-state index is 14.8. The third-order valence-corrected chi connectivity index (χ3v) is 13.4. The van der Waals surface area contributed by atoms with E-state index in [1.165, 1.54) is 9.80 Å². The monoisotopic (exact) mass is 862 g/mol. The van der Waals surface area contributed by atoms with Gasteiger partial charge >= 0.3 is 0 Å². The van der Waals surface area contributed by atoms with Gasteiger partial charge < -0.3 is 14.9 Å². The number of hydrogen-bond donors (Lipinski definition) is 1. The van der Waals surface area contributed by atoms with Crippen molar-refractivity contribution in [1.29, 1.82) is 0 Å². The molecule has 10 rings (SSSR count). The van der Waals surface area contributed by atoms with E-state index in [1.807, 2.05) is 129 Å². The number of carbonyl (C=O) groups excluding carboxylic acids is 4. The van der Waals surface area contributed by atoms with E-state index in [1.54, 1.807) is 48.5 Å². The molecule has 1 N–H and O–H groups in total. The zero-order valence-corrected chi connectivity index (χ0v) is 36.3. The molecule has 0 bridgehead atoms. The van der Waals surface area contributed by atoms with Crippen molar-refractivity contribution in [3.8, 4) is 5.75 Å². The fourth-order valence-electron chi connectivity index (χ4n) is 10.2. The highest BCUT2D eigenvalue weighted by Gasteiger charge is 2.62. The van der Waals surface area contributed by atoms with Gasteiger partial charge in [0.05, 0.1) is 57.8 Å². The van der Waals surface area contributed by atoms with Crippen LogP contribution in [0.5, 0.6) is 5.75 Å². The van der Waals surface area contributed by atoms with Crippen LogP contribution in [-0.4, -0.2) is 56.9 Å². The molecule has 2 aliphatic heterocycles. The van der Waals surface area contributed by atoms with Crippen LogP contribution < -0.4 is 19.6 Å². The zero-order chi connectivity index (χ0) is 45.1. The highest BCUT2D eigenvalue weighted by Crippen LogP contribution is 2.60. The van der Waals surface area contributed by atoms with Gasteiger partial charge in [-0.15, -0.1) is 0 Å². The van der Waals surface area contributed by atoms with Gasteiger partial charge in [-0.25, -0.2) is 0 Å². The lowest BCUT2D eigenvalue weighted by atomic mass is 9.57. The summed E-state index contributed by atoms with van der Waals surface area (Å²) in [7, 11) is 7.86. The van der Waals surface area contributed by atoms with Gasteiger partial charge in [0.15, 0.2) is 0 Å². The Morgan fingerprint density at radius 1 is 0.508 bits per heavy atom. The summed E-state index contributed by atoms with van der Waals surface area (Å²) in [6.07, 6.45) is 2.46. The molecule has 324 valence electrons. The lowest BCUT2D eigenvalue weighted by Crippen LogP contribution is -2.43. The minimum atomic E-state index is -0.853. The molecule has 6 aromatic carbocycles. The van der Waals surface area contributed by atoms with E-state index >= 15 is 0 Å². The van der Waals surface area contributed by atoms with Gasteiger partial charge in [0.25, 0.3) is 0 Å². The van der Waals surface area contributed by atoms with Gasteiger partial charge in [0, 0.05) is 56.4 Å². The maximum Gasteiger partial charge on any atom is 0.238 e. The Labute approximate surface area is 376 Å². The number of rotatable bonds is 9. The smallest absolute Gasteiger partial charge is 0.238 e. The minimum Gasteiger partial charge on any atom is -0.507 e. The third-order valence-electron chi connectivity index (χ3n) is 13.4. The van der Waals surface area contributed by atoms with Gasteiger partial charge in [0.1, 0.15) is 5.75 Å². The molecule has 4 aliphatic rings. The molecule has 6 unspecified atom stereocenters. The molecule has 2 saturated heterocycles. The average Bonchev–Trinajstić information content (AvgIpc) is 3.73. The second-order valence-electron chi connectivity index (χ2n) is 17.5. The number of phenolic OH excluding ortho intramolecular Hbond substituents is 1. The van der Waals surface area contributed by atoms with E-state index in [2.05, 4.69) is 20.5 Å². The number of nitrogens with zero attached hydrogens (tertiary/aromatic N) is 8. The lowest BCUT2D eigenvalue weighted by Gasteiger charge is -2.44. The van der Waals surface area contributed by atoms with Crippen LogP contribution in [0.1, 0.15) is 24.3 Å². The average molecular weight is 863 g/mol. The Hall–Kier alpha value is -7.80. The number of azo groups is 2. The predicted octanol–water partition coefficient (Wildman–Crippen LogP) is 10.6. The van der Waals surface area contributed by atoms with Gasteiger partial charge in [0.2, 0.25) is 23.6 Å². The summed E-state index contributed by atoms with van der Waals surface area (Å²) < 4.78 is 0. The normalized spacial score (nSPS) is 22.7. The molecule has 4 amide bonds. The third kappa shape index (κ3) is 7.22. The molecule has 0 radical (unpaired) electrons. The van der Waals surface area contributed by atoms with Crippen LogP contribution in [0.3, 0.4) is 0 Å². The van der Waals surface area contributed by atoms with Crippen LogP contribution >= 0.6 is 0 Å². The Kier molecular flexibility index (Phi) is 10.4. The Bertz CT molecular complexity index is 2960. The molecule has 3 fully saturated rings. The molecule has 13 heteroatoms. The van der Waals surface area contributed by atoms with Crippen molar-refractivity contribution in [2.45, 2.75) is 18.8 Å². The Morgan fingerprint density at radius 3 is 1.48 bits per heavy atom. The number of fused-ring (bicyclic) bond motifs is 5. The molecule has 0 aromatic heterocycles. The van der Waals surface area contributed by atoms with E-state index in [0.29, 0.717) is 45.1 Å². The molecule has 6 aromatic rings. The van der Waals surface area contributed by atoms with Crippen LogP contribution in [0.25, 0.3) is 10.8 Å². The van der Waals surface area contributed by atoms with Gasteiger partial charge in [-0.2, -0.15) is 20.5 Å². The standard InChI is InChI=1S/C52H46N8O5/c1-57(2)35-18-10-31(11-19-35)53-55-33-14-22-37(23-15-33)59-49(62)42-28-27-40-43(46(42)51(59)64)29-44-47(45(40)41-26-9-30-7-5-6-8-39(30)48(41)61)52(65)60(50(44)63)38-24-16-34(17-25-38)56-54-32-12-20-36(21-13-32)58(3)4/h5-27,42-47,61H,28-29H2,1-4H3. The molecule has 2 heterocycles. The van der Waals surface area contributed by atoms with Crippen LogP contribution in [0, 0.1) is 29.6 Å². The zero-order valence-electron chi connectivity index (χ0n) is 36.3. The fraction of sp³-hybridized carbons (Fsp3) is 0.231. The Morgan fingerprint density at radius 2 is 0.969 bits per heavy atom. The molecule has 0 spiro atoms.